The number of nitrogens with one attached hydrogen (secondary N) is 1. The topological polar surface area (TPSA) is 67.1 Å². The van der Waals surface area contributed by atoms with Crippen molar-refractivity contribution < 1.29 is 4.39 Å². The lowest BCUT2D eigenvalue weighted by atomic mass is 10.1. The Balaban J connectivity index is 1.79. The van der Waals surface area contributed by atoms with Gasteiger partial charge in [-0.25, -0.2) is 14.4 Å². The highest BCUT2D eigenvalue weighted by molar-refractivity contribution is 5.48. The van der Waals surface area contributed by atoms with Crippen LogP contribution in [0.4, 0.5) is 16.0 Å². The van der Waals surface area contributed by atoms with Gasteiger partial charge in [-0.2, -0.15) is 0 Å². The van der Waals surface area contributed by atoms with Gasteiger partial charge in [0.25, 0.3) is 0 Å². The predicted octanol–water partition coefficient (Wildman–Crippen LogP) is 1.59. The molecule has 0 bridgehead atoms. The van der Waals surface area contributed by atoms with E-state index >= 15 is 0 Å². The SMILES string of the molecule is CN[C@@H]1CCN(c2cc(N)nc(Cc3ccc(F)cc3)n2)C1. The molecule has 1 fully saturated rings. The Kier molecular flexibility index (Phi) is 4.20. The highest BCUT2D eigenvalue weighted by Crippen LogP contribution is 2.20. The van der Waals surface area contributed by atoms with Crippen molar-refractivity contribution in [3.8, 4) is 0 Å². The van der Waals surface area contributed by atoms with Crippen molar-refractivity contribution in [2.75, 3.05) is 30.8 Å². The molecule has 2 heterocycles. The molecular weight excluding hydrogens is 281 g/mol. The normalized spacial score (nSPS) is 17.9. The maximum absolute atomic E-state index is 13.0. The van der Waals surface area contributed by atoms with Gasteiger partial charge in [0.15, 0.2) is 0 Å². The molecule has 3 N–H and O–H groups in total. The maximum Gasteiger partial charge on any atom is 0.137 e. The predicted molar refractivity (Wildman–Crippen MR) is 85.3 cm³/mol. The number of nitrogens with two attached hydrogens (primary N) is 1. The van der Waals surface area contributed by atoms with Gasteiger partial charge in [-0.1, -0.05) is 12.1 Å². The van der Waals surface area contributed by atoms with E-state index in [1.165, 1.54) is 12.1 Å². The molecule has 2 aromatic rings. The molecule has 1 atom stereocenters. The number of hydrogen-bond acceptors (Lipinski definition) is 5. The maximum atomic E-state index is 13.0. The van der Waals surface area contributed by atoms with Gasteiger partial charge < -0.3 is 16.0 Å². The van der Waals surface area contributed by atoms with Crippen LogP contribution in [0.2, 0.25) is 0 Å². The average molecular weight is 301 g/mol. The van der Waals surface area contributed by atoms with E-state index in [9.17, 15) is 4.39 Å². The lowest BCUT2D eigenvalue weighted by Gasteiger charge is -2.18. The molecule has 1 saturated heterocycles. The summed E-state index contributed by atoms with van der Waals surface area (Å²) in [6.45, 7) is 1.88. The largest absolute Gasteiger partial charge is 0.384 e. The molecule has 0 unspecified atom stereocenters. The Morgan fingerprint density at radius 2 is 2.09 bits per heavy atom. The summed E-state index contributed by atoms with van der Waals surface area (Å²) >= 11 is 0. The fraction of sp³-hybridized carbons (Fsp3) is 0.375. The quantitative estimate of drug-likeness (QED) is 0.897. The minimum Gasteiger partial charge on any atom is -0.384 e. The van der Waals surface area contributed by atoms with E-state index in [2.05, 4.69) is 20.2 Å². The lowest BCUT2D eigenvalue weighted by molar-refractivity contribution is 0.616. The summed E-state index contributed by atoms with van der Waals surface area (Å²) in [6, 6.07) is 8.67. The second kappa shape index (κ2) is 6.27. The fourth-order valence-electron chi connectivity index (χ4n) is 2.73. The Morgan fingerprint density at radius 1 is 1.32 bits per heavy atom. The smallest absolute Gasteiger partial charge is 0.137 e. The minimum atomic E-state index is -0.242. The Hall–Kier alpha value is -2.21. The number of nitrogens with zero attached hydrogens (tertiary/aromatic N) is 3. The Labute approximate surface area is 129 Å². The highest BCUT2D eigenvalue weighted by atomic mass is 19.1. The van der Waals surface area contributed by atoms with Crippen molar-refractivity contribution in [1.82, 2.24) is 15.3 Å². The summed E-state index contributed by atoms with van der Waals surface area (Å²) < 4.78 is 13.0. The minimum absolute atomic E-state index is 0.242. The standard InChI is InChI=1S/C16H20FN5/c1-19-13-6-7-22(10-13)16-9-14(18)20-15(21-16)8-11-2-4-12(17)5-3-11/h2-5,9,13,19H,6-8,10H2,1H3,(H2,18,20,21)/t13-/m1/s1. The van der Waals surface area contributed by atoms with Crippen LogP contribution in [-0.4, -0.2) is 36.1 Å². The number of hydrogen-bond donors (Lipinski definition) is 2. The highest BCUT2D eigenvalue weighted by Gasteiger charge is 2.22. The summed E-state index contributed by atoms with van der Waals surface area (Å²) in [5.41, 5.74) is 6.88. The van der Waals surface area contributed by atoms with Gasteiger partial charge in [-0.05, 0) is 31.2 Å². The molecule has 0 aliphatic carbocycles. The molecule has 0 radical (unpaired) electrons. The van der Waals surface area contributed by atoms with Gasteiger partial charge in [0.1, 0.15) is 23.3 Å². The van der Waals surface area contributed by atoms with Crippen LogP contribution in [0.3, 0.4) is 0 Å². The summed E-state index contributed by atoms with van der Waals surface area (Å²) in [4.78, 5) is 11.1. The summed E-state index contributed by atoms with van der Waals surface area (Å²) in [5, 5.41) is 3.29. The van der Waals surface area contributed by atoms with Gasteiger partial charge in [0, 0.05) is 31.6 Å². The first-order valence-corrected chi connectivity index (χ1v) is 7.44. The second-order valence-electron chi connectivity index (χ2n) is 5.59. The molecule has 116 valence electrons. The number of aromatic nitrogens is 2. The van der Waals surface area contributed by atoms with Gasteiger partial charge in [-0.15, -0.1) is 0 Å². The van der Waals surface area contributed by atoms with Crippen LogP contribution in [0.15, 0.2) is 30.3 Å². The third-order valence-corrected chi connectivity index (χ3v) is 3.97. The fourth-order valence-corrected chi connectivity index (χ4v) is 2.73. The number of benzene rings is 1. The molecule has 6 heteroatoms. The van der Waals surface area contributed by atoms with Crippen LogP contribution in [0.25, 0.3) is 0 Å². The summed E-state index contributed by atoms with van der Waals surface area (Å²) in [5.74, 6) is 1.75. The molecule has 0 spiro atoms. The van der Waals surface area contributed by atoms with E-state index in [0.29, 0.717) is 24.1 Å². The van der Waals surface area contributed by atoms with Crippen LogP contribution >= 0.6 is 0 Å². The van der Waals surface area contributed by atoms with Crippen molar-refractivity contribution in [1.29, 1.82) is 0 Å². The first-order valence-electron chi connectivity index (χ1n) is 7.44. The van der Waals surface area contributed by atoms with E-state index in [0.717, 1.165) is 30.9 Å². The molecule has 3 rings (SSSR count). The van der Waals surface area contributed by atoms with E-state index in [1.54, 1.807) is 12.1 Å². The molecule has 22 heavy (non-hydrogen) atoms. The zero-order valence-electron chi connectivity index (χ0n) is 12.6. The van der Waals surface area contributed by atoms with Gasteiger partial charge in [-0.3, -0.25) is 0 Å². The monoisotopic (exact) mass is 301 g/mol. The number of nitrogen functional groups attached to an aromatic ring is 1. The van der Waals surface area contributed by atoms with Crippen molar-refractivity contribution >= 4 is 11.6 Å². The molecular formula is C16H20FN5. The van der Waals surface area contributed by atoms with Crippen LogP contribution in [0.5, 0.6) is 0 Å². The third kappa shape index (κ3) is 3.33. The van der Waals surface area contributed by atoms with Gasteiger partial charge in [0.2, 0.25) is 0 Å². The van der Waals surface area contributed by atoms with E-state index < -0.39 is 0 Å². The molecule has 0 amide bonds. The molecule has 0 saturated carbocycles. The number of rotatable bonds is 4. The first kappa shape index (κ1) is 14.7. The Bertz CT molecular complexity index is 643. The summed E-state index contributed by atoms with van der Waals surface area (Å²) in [6.07, 6.45) is 1.63. The van der Waals surface area contributed by atoms with E-state index in [4.69, 9.17) is 5.73 Å². The van der Waals surface area contributed by atoms with Crippen molar-refractivity contribution in [3.05, 3.63) is 47.5 Å². The molecule has 5 nitrogen and oxygen atoms in total. The molecule has 1 aromatic carbocycles. The van der Waals surface area contributed by atoms with Crippen LogP contribution in [0, 0.1) is 5.82 Å². The van der Waals surface area contributed by atoms with Gasteiger partial charge in [0.05, 0.1) is 0 Å². The number of likely N-dealkylation sites (N-methyl/N-ethyl adjacent to an activating group) is 1. The zero-order valence-corrected chi connectivity index (χ0v) is 12.6. The van der Waals surface area contributed by atoms with Crippen molar-refractivity contribution in [3.63, 3.8) is 0 Å². The average Bonchev–Trinajstić information content (AvgIpc) is 2.98. The van der Waals surface area contributed by atoms with E-state index in [1.807, 2.05) is 13.1 Å². The van der Waals surface area contributed by atoms with Crippen molar-refractivity contribution in [2.24, 2.45) is 0 Å². The third-order valence-electron chi connectivity index (χ3n) is 3.97. The number of anilines is 2. The molecule has 1 aliphatic rings. The van der Waals surface area contributed by atoms with E-state index in [-0.39, 0.29) is 5.82 Å². The van der Waals surface area contributed by atoms with Crippen molar-refractivity contribution in [2.45, 2.75) is 18.9 Å². The first-order chi connectivity index (χ1) is 10.6. The Morgan fingerprint density at radius 3 is 2.77 bits per heavy atom. The number of halogens is 1. The lowest BCUT2D eigenvalue weighted by Crippen LogP contribution is -2.30. The van der Waals surface area contributed by atoms with Crippen LogP contribution in [-0.2, 0) is 6.42 Å². The van der Waals surface area contributed by atoms with Crippen LogP contribution < -0.4 is 16.0 Å². The summed E-state index contributed by atoms with van der Waals surface area (Å²) in [7, 11) is 1.97. The van der Waals surface area contributed by atoms with Gasteiger partial charge >= 0.3 is 0 Å². The molecule has 1 aliphatic heterocycles. The zero-order chi connectivity index (χ0) is 15.5. The molecule has 1 aromatic heterocycles. The second-order valence-corrected chi connectivity index (χ2v) is 5.59. The van der Waals surface area contributed by atoms with Crippen LogP contribution in [0.1, 0.15) is 17.8 Å².